The van der Waals surface area contributed by atoms with E-state index >= 15 is 0 Å². The van der Waals surface area contributed by atoms with E-state index in [0.29, 0.717) is 4.90 Å². The molecule has 0 spiro atoms. The fourth-order valence-electron chi connectivity index (χ4n) is 2.37. The lowest BCUT2D eigenvalue weighted by Crippen LogP contribution is -2.41. The number of benzene rings is 1. The van der Waals surface area contributed by atoms with Crippen molar-refractivity contribution in [3.63, 3.8) is 0 Å². The van der Waals surface area contributed by atoms with Gasteiger partial charge in [-0.2, -0.15) is 0 Å². The van der Waals surface area contributed by atoms with Gasteiger partial charge in [-0.05, 0) is 48.4 Å². The molecule has 0 radical (unpaired) electrons. The lowest BCUT2D eigenvalue weighted by Gasteiger charge is -2.20. The fourth-order valence-corrected chi connectivity index (χ4v) is 3.79. The topological polar surface area (TPSA) is 66.4 Å². The van der Waals surface area contributed by atoms with Crippen molar-refractivity contribution in [2.75, 3.05) is 6.61 Å². The molecule has 1 unspecified atom stereocenters. The average molecular weight is 283 g/mol. The van der Waals surface area contributed by atoms with Crippen molar-refractivity contribution < 1.29 is 13.5 Å². The number of aliphatic hydroxyl groups is 1. The molecule has 0 fully saturated rings. The standard InChI is InChI=1S/C14H21NO3S/c1-10(2)14(9-16)15-19(17,18)13-7-6-11-4-3-5-12(11)8-13/h6-8,10,14-16H,3-5,9H2,1-2H3. The Labute approximate surface area is 114 Å². The average Bonchev–Trinajstić information content (AvgIpc) is 2.82. The summed E-state index contributed by atoms with van der Waals surface area (Å²) in [5.41, 5.74) is 2.38. The Morgan fingerprint density at radius 2 is 1.95 bits per heavy atom. The van der Waals surface area contributed by atoms with Crippen molar-refractivity contribution in [3.8, 4) is 0 Å². The van der Waals surface area contributed by atoms with Crippen LogP contribution in [0.25, 0.3) is 0 Å². The van der Waals surface area contributed by atoms with Crippen molar-refractivity contribution in [2.45, 2.75) is 44.0 Å². The molecule has 0 bridgehead atoms. The number of hydrogen-bond donors (Lipinski definition) is 2. The van der Waals surface area contributed by atoms with Crippen molar-refractivity contribution in [3.05, 3.63) is 29.3 Å². The summed E-state index contributed by atoms with van der Waals surface area (Å²) in [4.78, 5) is 0.298. The number of sulfonamides is 1. The summed E-state index contributed by atoms with van der Waals surface area (Å²) in [7, 11) is -3.55. The van der Waals surface area contributed by atoms with Crippen LogP contribution in [0.2, 0.25) is 0 Å². The van der Waals surface area contributed by atoms with E-state index in [-0.39, 0.29) is 12.5 Å². The van der Waals surface area contributed by atoms with Gasteiger partial charge in [-0.3, -0.25) is 0 Å². The van der Waals surface area contributed by atoms with Crippen LogP contribution >= 0.6 is 0 Å². The van der Waals surface area contributed by atoms with E-state index in [9.17, 15) is 13.5 Å². The molecule has 0 amide bonds. The first-order valence-corrected chi connectivity index (χ1v) is 8.17. The number of fused-ring (bicyclic) bond motifs is 1. The Morgan fingerprint density at radius 3 is 2.58 bits per heavy atom. The highest BCUT2D eigenvalue weighted by atomic mass is 32.2. The van der Waals surface area contributed by atoms with E-state index in [1.807, 2.05) is 19.9 Å². The van der Waals surface area contributed by atoms with Crippen molar-refractivity contribution in [1.82, 2.24) is 4.72 Å². The highest BCUT2D eigenvalue weighted by Gasteiger charge is 2.23. The molecule has 106 valence electrons. The number of aryl methyl sites for hydroxylation is 2. The third-order valence-corrected chi connectivity index (χ3v) is 5.18. The van der Waals surface area contributed by atoms with E-state index in [4.69, 9.17) is 0 Å². The molecule has 2 rings (SSSR count). The predicted molar refractivity (Wildman–Crippen MR) is 74.5 cm³/mol. The van der Waals surface area contributed by atoms with Crippen LogP contribution in [-0.4, -0.2) is 26.2 Å². The Kier molecular flexibility index (Phi) is 4.28. The minimum Gasteiger partial charge on any atom is -0.395 e. The van der Waals surface area contributed by atoms with Gasteiger partial charge < -0.3 is 5.11 Å². The molecule has 0 aliphatic heterocycles. The molecule has 2 N–H and O–H groups in total. The summed E-state index contributed by atoms with van der Waals surface area (Å²) in [6.45, 7) is 3.57. The lowest BCUT2D eigenvalue weighted by atomic mass is 10.1. The van der Waals surface area contributed by atoms with Gasteiger partial charge in [0.25, 0.3) is 0 Å². The molecular weight excluding hydrogens is 262 g/mol. The highest BCUT2D eigenvalue weighted by Crippen LogP contribution is 2.24. The summed E-state index contributed by atoms with van der Waals surface area (Å²) in [5.74, 6) is 0.0502. The molecule has 0 heterocycles. The van der Waals surface area contributed by atoms with Gasteiger partial charge in [-0.1, -0.05) is 19.9 Å². The summed E-state index contributed by atoms with van der Waals surface area (Å²) < 4.78 is 27.1. The van der Waals surface area contributed by atoms with E-state index in [0.717, 1.165) is 24.8 Å². The van der Waals surface area contributed by atoms with Crippen LogP contribution in [0.3, 0.4) is 0 Å². The molecule has 0 saturated heterocycles. The molecule has 1 atom stereocenters. The molecule has 19 heavy (non-hydrogen) atoms. The predicted octanol–water partition coefficient (Wildman–Crippen LogP) is 1.47. The third kappa shape index (κ3) is 3.16. The minimum absolute atomic E-state index is 0.0502. The van der Waals surface area contributed by atoms with Gasteiger partial charge in [0.15, 0.2) is 0 Å². The first kappa shape index (κ1) is 14.5. The second-order valence-corrected chi connectivity index (χ2v) is 7.15. The SMILES string of the molecule is CC(C)C(CO)NS(=O)(=O)c1ccc2c(c1)CCC2. The van der Waals surface area contributed by atoms with E-state index in [1.165, 1.54) is 5.56 Å². The first-order chi connectivity index (χ1) is 8.94. The van der Waals surface area contributed by atoms with Gasteiger partial charge in [0, 0.05) is 6.04 Å². The maximum atomic E-state index is 12.3. The van der Waals surface area contributed by atoms with Crippen LogP contribution in [0, 0.1) is 5.92 Å². The maximum Gasteiger partial charge on any atom is 0.240 e. The maximum absolute atomic E-state index is 12.3. The number of rotatable bonds is 5. The summed E-state index contributed by atoms with van der Waals surface area (Å²) in [6.07, 6.45) is 3.08. The molecule has 1 aliphatic carbocycles. The van der Waals surface area contributed by atoms with Gasteiger partial charge in [0.2, 0.25) is 10.0 Å². The van der Waals surface area contributed by atoms with Crippen molar-refractivity contribution in [2.24, 2.45) is 5.92 Å². The number of hydrogen-bond acceptors (Lipinski definition) is 3. The van der Waals surface area contributed by atoms with Crippen LogP contribution in [0.15, 0.2) is 23.1 Å². The number of nitrogens with one attached hydrogen (secondary N) is 1. The second-order valence-electron chi connectivity index (χ2n) is 5.44. The quantitative estimate of drug-likeness (QED) is 0.860. The Bertz CT molecular complexity index is 552. The van der Waals surface area contributed by atoms with Gasteiger partial charge in [0.1, 0.15) is 0 Å². The van der Waals surface area contributed by atoms with Crippen LogP contribution in [0.4, 0.5) is 0 Å². The van der Waals surface area contributed by atoms with Gasteiger partial charge >= 0.3 is 0 Å². The Balaban J connectivity index is 2.24. The molecule has 5 heteroatoms. The Morgan fingerprint density at radius 1 is 1.26 bits per heavy atom. The largest absolute Gasteiger partial charge is 0.395 e. The Hall–Kier alpha value is -0.910. The van der Waals surface area contributed by atoms with E-state index in [2.05, 4.69) is 4.72 Å². The fraction of sp³-hybridized carbons (Fsp3) is 0.571. The zero-order valence-corrected chi connectivity index (χ0v) is 12.2. The molecule has 0 saturated carbocycles. The van der Waals surface area contributed by atoms with Gasteiger partial charge in [0.05, 0.1) is 11.5 Å². The summed E-state index contributed by atoms with van der Waals surface area (Å²) in [5, 5.41) is 9.23. The smallest absolute Gasteiger partial charge is 0.240 e. The molecular formula is C14H21NO3S. The minimum atomic E-state index is -3.55. The monoisotopic (exact) mass is 283 g/mol. The summed E-state index contributed by atoms with van der Waals surface area (Å²) in [6, 6.07) is 4.87. The molecule has 1 aromatic rings. The zero-order chi connectivity index (χ0) is 14.0. The van der Waals surface area contributed by atoms with Crippen LogP contribution in [-0.2, 0) is 22.9 Å². The van der Waals surface area contributed by atoms with Crippen LogP contribution in [0.1, 0.15) is 31.4 Å². The van der Waals surface area contributed by atoms with Crippen molar-refractivity contribution in [1.29, 1.82) is 0 Å². The normalized spacial score (nSPS) is 16.6. The molecule has 0 aromatic heterocycles. The molecule has 1 aliphatic rings. The molecule has 1 aromatic carbocycles. The molecule has 4 nitrogen and oxygen atoms in total. The van der Waals surface area contributed by atoms with E-state index in [1.54, 1.807) is 12.1 Å². The second kappa shape index (κ2) is 5.61. The third-order valence-electron chi connectivity index (χ3n) is 3.69. The van der Waals surface area contributed by atoms with Crippen LogP contribution in [0.5, 0.6) is 0 Å². The summed E-state index contributed by atoms with van der Waals surface area (Å²) >= 11 is 0. The lowest BCUT2D eigenvalue weighted by molar-refractivity contribution is 0.227. The van der Waals surface area contributed by atoms with Crippen molar-refractivity contribution >= 4 is 10.0 Å². The zero-order valence-electron chi connectivity index (χ0n) is 11.4. The highest BCUT2D eigenvalue weighted by molar-refractivity contribution is 7.89. The van der Waals surface area contributed by atoms with Gasteiger partial charge in [-0.25, -0.2) is 13.1 Å². The first-order valence-electron chi connectivity index (χ1n) is 6.69. The van der Waals surface area contributed by atoms with Crippen LogP contribution < -0.4 is 4.72 Å². The van der Waals surface area contributed by atoms with E-state index < -0.39 is 16.1 Å². The number of aliphatic hydroxyl groups excluding tert-OH is 1. The van der Waals surface area contributed by atoms with Gasteiger partial charge in [-0.15, -0.1) is 0 Å².